The fraction of sp³-hybridized carbons (Fsp3) is 0.500. The summed E-state index contributed by atoms with van der Waals surface area (Å²) in [5.41, 5.74) is 0. The summed E-state index contributed by atoms with van der Waals surface area (Å²) in [6.45, 7) is 2.61. The van der Waals surface area contributed by atoms with E-state index in [4.69, 9.17) is 9.84 Å². The molecule has 1 aromatic heterocycles. The second-order valence-corrected chi connectivity index (χ2v) is 6.79. The Morgan fingerprint density at radius 2 is 2.33 bits per heavy atom. The monoisotopic (exact) mass is 291 g/mol. The van der Waals surface area contributed by atoms with Crippen LogP contribution < -0.4 is 0 Å². The van der Waals surface area contributed by atoms with E-state index < -0.39 is 16.0 Å². The van der Waals surface area contributed by atoms with Gasteiger partial charge in [-0.25, -0.2) is 13.2 Å². The van der Waals surface area contributed by atoms with Crippen LogP contribution in [-0.4, -0.2) is 49.6 Å². The summed E-state index contributed by atoms with van der Waals surface area (Å²) in [6.07, 6.45) is -0.180. The molecule has 18 heavy (non-hydrogen) atoms. The first kappa shape index (κ1) is 13.5. The summed E-state index contributed by atoms with van der Waals surface area (Å²) in [5, 5.41) is 10.4. The Morgan fingerprint density at radius 3 is 2.94 bits per heavy atom. The number of thiophene rings is 1. The van der Waals surface area contributed by atoms with E-state index in [0.717, 1.165) is 11.3 Å². The molecule has 0 saturated carbocycles. The Morgan fingerprint density at radius 1 is 1.61 bits per heavy atom. The lowest BCUT2D eigenvalue weighted by molar-refractivity contribution is 0.0102. The molecule has 1 atom stereocenters. The lowest BCUT2D eigenvalue weighted by atomic mass is 10.3. The summed E-state index contributed by atoms with van der Waals surface area (Å²) in [6, 6.07) is 1.34. The van der Waals surface area contributed by atoms with Crippen molar-refractivity contribution in [3.05, 3.63) is 16.3 Å². The Kier molecular flexibility index (Phi) is 3.71. The average molecular weight is 291 g/mol. The first-order valence-electron chi connectivity index (χ1n) is 5.35. The molecule has 0 radical (unpaired) electrons. The molecule has 1 fully saturated rings. The first-order valence-corrected chi connectivity index (χ1v) is 7.67. The van der Waals surface area contributed by atoms with Crippen LogP contribution in [0.2, 0.25) is 0 Å². The quantitative estimate of drug-likeness (QED) is 0.892. The van der Waals surface area contributed by atoms with Gasteiger partial charge in [0.15, 0.2) is 0 Å². The predicted molar refractivity (Wildman–Crippen MR) is 65.5 cm³/mol. The van der Waals surface area contributed by atoms with Crippen LogP contribution in [-0.2, 0) is 14.8 Å². The van der Waals surface area contributed by atoms with Crippen LogP contribution in [0.4, 0.5) is 0 Å². The molecule has 0 bridgehead atoms. The smallest absolute Gasteiger partial charge is 0.347 e. The standard InChI is InChI=1S/C10H13NO5S2/c1-7-6-11(3-4-16-7)18(14,15)8-2-5-17-9(8)10(12)13/h2,5,7H,3-4,6H2,1H3,(H,12,13). The normalized spacial score (nSPS) is 21.9. The summed E-state index contributed by atoms with van der Waals surface area (Å²) in [5.74, 6) is -1.22. The largest absolute Gasteiger partial charge is 0.477 e. The molecule has 1 unspecified atom stereocenters. The number of hydrogen-bond donors (Lipinski definition) is 1. The molecular formula is C10H13NO5S2. The lowest BCUT2D eigenvalue weighted by Crippen LogP contribution is -2.44. The third-order valence-electron chi connectivity index (χ3n) is 2.64. The third-order valence-corrected chi connectivity index (χ3v) is 5.58. The lowest BCUT2D eigenvalue weighted by Gasteiger charge is -2.30. The van der Waals surface area contributed by atoms with E-state index in [0.29, 0.717) is 6.61 Å². The molecule has 6 nitrogen and oxygen atoms in total. The van der Waals surface area contributed by atoms with Crippen LogP contribution in [0, 0.1) is 0 Å². The van der Waals surface area contributed by atoms with Gasteiger partial charge in [0.1, 0.15) is 9.77 Å². The van der Waals surface area contributed by atoms with Gasteiger partial charge in [-0.1, -0.05) is 0 Å². The number of rotatable bonds is 3. The summed E-state index contributed by atoms with van der Waals surface area (Å²) in [7, 11) is -3.74. The molecule has 0 amide bonds. The number of sulfonamides is 1. The number of morpholine rings is 1. The summed E-state index contributed by atoms with van der Waals surface area (Å²) in [4.78, 5) is 10.7. The van der Waals surface area contributed by atoms with Crippen molar-refractivity contribution < 1.29 is 23.1 Å². The van der Waals surface area contributed by atoms with Crippen LogP contribution in [0.1, 0.15) is 16.6 Å². The first-order chi connectivity index (χ1) is 8.43. The van der Waals surface area contributed by atoms with Crippen molar-refractivity contribution in [3.63, 3.8) is 0 Å². The topological polar surface area (TPSA) is 83.9 Å². The minimum Gasteiger partial charge on any atom is -0.477 e. The molecule has 0 aliphatic carbocycles. The van der Waals surface area contributed by atoms with Crippen molar-refractivity contribution in [2.75, 3.05) is 19.7 Å². The highest BCUT2D eigenvalue weighted by molar-refractivity contribution is 7.89. The highest BCUT2D eigenvalue weighted by Crippen LogP contribution is 2.26. The second kappa shape index (κ2) is 4.96. The highest BCUT2D eigenvalue weighted by atomic mass is 32.2. The SMILES string of the molecule is CC1CN(S(=O)(=O)c2ccsc2C(=O)O)CCO1. The fourth-order valence-electron chi connectivity index (χ4n) is 1.80. The maximum atomic E-state index is 12.3. The molecule has 1 aromatic rings. The van der Waals surface area contributed by atoms with Gasteiger partial charge in [-0.2, -0.15) is 4.31 Å². The maximum Gasteiger partial charge on any atom is 0.347 e. The van der Waals surface area contributed by atoms with Crippen molar-refractivity contribution in [1.29, 1.82) is 0 Å². The number of carboxylic acid groups (broad SMARTS) is 1. The zero-order valence-corrected chi connectivity index (χ0v) is 11.3. The van der Waals surface area contributed by atoms with E-state index in [1.54, 1.807) is 6.92 Å². The average Bonchev–Trinajstić information content (AvgIpc) is 2.78. The number of carboxylic acids is 1. The Balaban J connectivity index is 2.36. The van der Waals surface area contributed by atoms with Crippen molar-refractivity contribution in [2.45, 2.75) is 17.9 Å². The molecule has 1 saturated heterocycles. The molecule has 100 valence electrons. The van der Waals surface area contributed by atoms with Crippen molar-refractivity contribution in [3.8, 4) is 0 Å². The van der Waals surface area contributed by atoms with Gasteiger partial charge in [0.25, 0.3) is 0 Å². The zero-order chi connectivity index (χ0) is 13.3. The molecule has 1 N–H and O–H groups in total. The minimum absolute atomic E-state index is 0.130. The van der Waals surface area contributed by atoms with E-state index in [1.165, 1.54) is 15.8 Å². The van der Waals surface area contributed by atoms with Gasteiger partial charge in [0, 0.05) is 13.1 Å². The molecule has 1 aliphatic rings. The van der Waals surface area contributed by atoms with Gasteiger partial charge in [-0.3, -0.25) is 0 Å². The highest BCUT2D eigenvalue weighted by Gasteiger charge is 2.32. The molecule has 2 heterocycles. The minimum atomic E-state index is -3.74. The van der Waals surface area contributed by atoms with Crippen LogP contribution in [0.15, 0.2) is 16.3 Å². The summed E-state index contributed by atoms with van der Waals surface area (Å²) >= 11 is 0.913. The predicted octanol–water partition coefficient (Wildman–Crippen LogP) is 0.856. The summed E-state index contributed by atoms with van der Waals surface area (Å²) < 4.78 is 31.2. The third kappa shape index (κ3) is 2.41. The Labute approximate surface area is 109 Å². The molecular weight excluding hydrogens is 278 g/mol. The Hall–Kier alpha value is -0.960. The maximum absolute atomic E-state index is 12.3. The van der Waals surface area contributed by atoms with Crippen molar-refractivity contribution in [1.82, 2.24) is 4.31 Å². The Bertz CT molecular complexity index is 550. The number of aromatic carboxylic acids is 1. The number of carbonyl (C=O) groups is 1. The molecule has 1 aliphatic heterocycles. The van der Waals surface area contributed by atoms with E-state index in [9.17, 15) is 13.2 Å². The van der Waals surface area contributed by atoms with Crippen LogP contribution in [0.3, 0.4) is 0 Å². The molecule has 2 rings (SSSR count). The van der Waals surface area contributed by atoms with Gasteiger partial charge < -0.3 is 9.84 Å². The van der Waals surface area contributed by atoms with Crippen molar-refractivity contribution in [2.24, 2.45) is 0 Å². The van der Waals surface area contributed by atoms with E-state index in [-0.39, 0.29) is 29.0 Å². The molecule has 0 aromatic carbocycles. The van der Waals surface area contributed by atoms with Crippen LogP contribution in [0.5, 0.6) is 0 Å². The van der Waals surface area contributed by atoms with E-state index in [2.05, 4.69) is 0 Å². The van der Waals surface area contributed by atoms with Gasteiger partial charge in [-0.15, -0.1) is 11.3 Å². The van der Waals surface area contributed by atoms with Gasteiger partial charge >= 0.3 is 5.97 Å². The number of hydrogen-bond acceptors (Lipinski definition) is 5. The fourth-order valence-corrected chi connectivity index (χ4v) is 4.53. The second-order valence-electron chi connectivity index (χ2n) is 3.96. The molecule has 8 heteroatoms. The van der Waals surface area contributed by atoms with E-state index >= 15 is 0 Å². The number of nitrogens with zero attached hydrogens (tertiary/aromatic N) is 1. The van der Waals surface area contributed by atoms with Crippen LogP contribution in [0.25, 0.3) is 0 Å². The molecule has 0 spiro atoms. The van der Waals surface area contributed by atoms with Gasteiger partial charge in [-0.05, 0) is 18.4 Å². The van der Waals surface area contributed by atoms with Crippen molar-refractivity contribution >= 4 is 27.3 Å². The number of ether oxygens (including phenoxy) is 1. The van der Waals surface area contributed by atoms with Gasteiger partial charge in [0.2, 0.25) is 10.0 Å². The van der Waals surface area contributed by atoms with E-state index in [1.807, 2.05) is 0 Å². The zero-order valence-electron chi connectivity index (χ0n) is 9.70. The van der Waals surface area contributed by atoms with Gasteiger partial charge in [0.05, 0.1) is 12.7 Å². The van der Waals surface area contributed by atoms with Crippen LogP contribution >= 0.6 is 11.3 Å².